The minimum atomic E-state index is -0.826. The molecule has 2 aromatic rings. The second kappa shape index (κ2) is 12.3. The zero-order valence-corrected chi connectivity index (χ0v) is 21.6. The van der Waals surface area contributed by atoms with E-state index in [9.17, 15) is 5.11 Å². The van der Waals surface area contributed by atoms with Crippen LogP contribution < -0.4 is 0 Å². The number of phenols is 1. The number of rotatable bonds is 5. The van der Waals surface area contributed by atoms with Gasteiger partial charge in [-0.2, -0.15) is 0 Å². The number of halogens is 2. The Hall–Kier alpha value is -0.627. The molecule has 0 unspecified atom stereocenters. The van der Waals surface area contributed by atoms with Gasteiger partial charge in [-0.25, -0.2) is 0 Å². The normalized spacial score (nSPS) is 15.1. The summed E-state index contributed by atoms with van der Waals surface area (Å²) < 4.78 is 0. The molecule has 2 nitrogen and oxygen atoms in total. The number of phenolic OH excluding ortho intramolecular Hbond substituents is 1. The van der Waals surface area contributed by atoms with Crippen molar-refractivity contribution in [3.8, 4) is 5.75 Å². The van der Waals surface area contributed by atoms with Crippen LogP contribution in [0.25, 0.3) is 0 Å². The predicted octanol–water partition coefficient (Wildman–Crippen LogP) is 7.40. The summed E-state index contributed by atoms with van der Waals surface area (Å²) in [5, 5.41) is 11.0. The van der Waals surface area contributed by atoms with Crippen molar-refractivity contribution in [3.63, 3.8) is 0 Å². The summed E-state index contributed by atoms with van der Waals surface area (Å²) in [4.78, 5) is 4.68. The van der Waals surface area contributed by atoms with Gasteiger partial charge in [0, 0.05) is 29.3 Å². The Balaban J connectivity index is 0.000000941. The molecule has 0 spiro atoms. The number of hydrogen-bond acceptors (Lipinski definition) is 2. The molecule has 1 aliphatic carbocycles. The molecule has 2 aromatic carbocycles. The van der Waals surface area contributed by atoms with Gasteiger partial charge in [0.1, 0.15) is 5.75 Å². The van der Waals surface area contributed by atoms with Crippen LogP contribution in [0.1, 0.15) is 68.2 Å². The number of benzene rings is 2. The molecule has 1 saturated carbocycles. The first kappa shape index (κ1) is 24.6. The Kier molecular flexibility index (Phi) is 10.4. The van der Waals surface area contributed by atoms with Crippen molar-refractivity contribution in [2.75, 3.05) is 6.54 Å². The molecule has 0 heterocycles. The van der Waals surface area contributed by atoms with E-state index >= 15 is 0 Å². The van der Waals surface area contributed by atoms with E-state index in [2.05, 4.69) is 56.1 Å². The van der Waals surface area contributed by atoms with Crippen LogP contribution in [-0.2, 0) is 26.3 Å². The minimum absolute atomic E-state index is 0.261. The van der Waals surface area contributed by atoms with Crippen molar-refractivity contribution in [1.29, 1.82) is 0 Å². The first-order valence-corrected chi connectivity index (χ1v) is 16.6. The van der Waals surface area contributed by atoms with Crippen molar-refractivity contribution < 1.29 is 26.0 Å². The van der Waals surface area contributed by atoms with Crippen LogP contribution in [0, 0.1) is 12.8 Å². The SMILES string of the molecule is Cc1cc(C=NCC2CCCCC2)c(O)c(C(C)(C)c2ccccc2)c1.[Cl][Zr][Cl]. The van der Waals surface area contributed by atoms with E-state index in [4.69, 9.17) is 17.0 Å². The van der Waals surface area contributed by atoms with Crippen molar-refractivity contribution in [3.05, 3.63) is 64.7 Å². The summed E-state index contributed by atoms with van der Waals surface area (Å²) in [7, 11) is 9.87. The van der Waals surface area contributed by atoms with Crippen LogP contribution in [-0.4, -0.2) is 17.9 Å². The molecule has 1 fully saturated rings. The average Bonchev–Trinajstić information content (AvgIpc) is 2.72. The summed E-state index contributed by atoms with van der Waals surface area (Å²) in [5.74, 6) is 1.07. The van der Waals surface area contributed by atoms with E-state index in [1.807, 2.05) is 18.3 Å². The Morgan fingerprint density at radius 2 is 1.72 bits per heavy atom. The van der Waals surface area contributed by atoms with Crippen LogP contribution in [0.15, 0.2) is 47.5 Å². The summed E-state index contributed by atoms with van der Waals surface area (Å²) in [5.41, 5.74) is 3.89. The molecule has 1 N–H and O–H groups in total. The average molecular weight is 512 g/mol. The van der Waals surface area contributed by atoms with Crippen LogP contribution in [0.2, 0.25) is 0 Å². The van der Waals surface area contributed by atoms with Gasteiger partial charge in [0.05, 0.1) is 0 Å². The first-order valence-electron chi connectivity index (χ1n) is 10.3. The third-order valence-corrected chi connectivity index (χ3v) is 5.77. The van der Waals surface area contributed by atoms with Crippen LogP contribution >= 0.6 is 17.0 Å². The van der Waals surface area contributed by atoms with E-state index in [1.165, 1.54) is 37.7 Å². The van der Waals surface area contributed by atoms with Gasteiger partial charge < -0.3 is 5.11 Å². The Labute approximate surface area is 194 Å². The molecule has 5 heteroatoms. The van der Waals surface area contributed by atoms with Crippen LogP contribution in [0.3, 0.4) is 0 Å². The Morgan fingerprint density at radius 1 is 1.10 bits per heavy atom. The molecule has 1 aliphatic rings. The number of aromatic hydroxyl groups is 1. The van der Waals surface area contributed by atoms with Crippen molar-refractivity contribution >= 4 is 23.2 Å². The number of nitrogens with zero attached hydrogens (tertiary/aromatic N) is 1. The van der Waals surface area contributed by atoms with Gasteiger partial charge in [-0.05, 0) is 42.9 Å². The standard InChI is InChI=1S/C24H31NO.2ClH.Zr/c1-18-14-20(17-25-16-19-10-6-4-7-11-19)23(26)22(15-18)24(2,3)21-12-8-5-9-13-21;;;/h5,8-9,12-15,17,19,26H,4,6-7,10-11,16H2,1-3H3;2*1H;/q;;;+2/p-2. The molecule has 3 rings (SSSR count). The topological polar surface area (TPSA) is 32.6 Å². The van der Waals surface area contributed by atoms with E-state index in [1.54, 1.807) is 0 Å². The van der Waals surface area contributed by atoms with Gasteiger partial charge in [0.2, 0.25) is 0 Å². The zero-order valence-electron chi connectivity index (χ0n) is 17.6. The summed E-state index contributed by atoms with van der Waals surface area (Å²) in [6, 6.07) is 14.5. The zero-order chi connectivity index (χ0) is 21.3. The van der Waals surface area contributed by atoms with Gasteiger partial charge in [0.25, 0.3) is 0 Å². The third kappa shape index (κ3) is 7.23. The van der Waals surface area contributed by atoms with Gasteiger partial charge in [0.15, 0.2) is 0 Å². The molecule has 0 aromatic heterocycles. The van der Waals surface area contributed by atoms with Crippen molar-refractivity contribution in [2.45, 2.75) is 58.3 Å². The first-order chi connectivity index (χ1) is 13.9. The molecule has 0 aliphatic heterocycles. The molecule has 0 saturated heterocycles. The van der Waals surface area contributed by atoms with Gasteiger partial charge in [-0.15, -0.1) is 0 Å². The van der Waals surface area contributed by atoms with Crippen LogP contribution in [0.4, 0.5) is 0 Å². The molecule has 29 heavy (non-hydrogen) atoms. The van der Waals surface area contributed by atoms with E-state index in [0.717, 1.165) is 23.2 Å². The fourth-order valence-electron chi connectivity index (χ4n) is 4.06. The van der Waals surface area contributed by atoms with E-state index < -0.39 is 20.8 Å². The Bertz CT molecular complexity index is 787. The molecule has 0 atom stereocenters. The number of hydrogen-bond donors (Lipinski definition) is 1. The van der Waals surface area contributed by atoms with Gasteiger partial charge in [-0.1, -0.05) is 69.5 Å². The van der Waals surface area contributed by atoms with Crippen molar-refractivity contribution in [2.24, 2.45) is 10.9 Å². The molecule has 0 radical (unpaired) electrons. The maximum absolute atomic E-state index is 11.0. The van der Waals surface area contributed by atoms with E-state index in [0.29, 0.717) is 11.7 Å². The third-order valence-electron chi connectivity index (χ3n) is 5.77. The predicted molar refractivity (Wildman–Crippen MR) is 122 cm³/mol. The number of aryl methyl sites for hydroxylation is 1. The van der Waals surface area contributed by atoms with E-state index in [-0.39, 0.29) is 5.41 Å². The quantitative estimate of drug-likeness (QED) is 0.417. The summed E-state index contributed by atoms with van der Waals surface area (Å²) >= 11 is -0.826. The molecule has 0 bridgehead atoms. The second-order valence-electron chi connectivity index (χ2n) is 8.31. The summed E-state index contributed by atoms with van der Waals surface area (Å²) in [6.07, 6.45) is 8.52. The summed E-state index contributed by atoms with van der Waals surface area (Å²) in [6.45, 7) is 7.30. The molecular formula is C24H31Cl2NOZr. The molecular weight excluding hydrogens is 480 g/mol. The maximum atomic E-state index is 11.0. The Morgan fingerprint density at radius 3 is 2.34 bits per heavy atom. The van der Waals surface area contributed by atoms with Gasteiger partial charge in [-0.3, -0.25) is 4.99 Å². The molecule has 156 valence electrons. The van der Waals surface area contributed by atoms with Crippen LogP contribution in [0.5, 0.6) is 5.75 Å². The fraction of sp³-hybridized carbons (Fsp3) is 0.458. The second-order valence-corrected chi connectivity index (χ2v) is 12.0. The molecule has 0 amide bonds. The van der Waals surface area contributed by atoms with Gasteiger partial charge >= 0.3 is 37.9 Å². The monoisotopic (exact) mass is 509 g/mol. The number of aliphatic imine (C=N–C) groups is 1. The van der Waals surface area contributed by atoms with Crippen molar-refractivity contribution in [1.82, 2.24) is 0 Å². The fourth-order valence-corrected chi connectivity index (χ4v) is 4.06.